The van der Waals surface area contributed by atoms with E-state index in [1.54, 1.807) is 11.9 Å². The SMILES string of the molecule is CCCCN(C)C(=O)c1nc(C(=O)NCCC)c2n1CCCC2. The molecule has 1 aromatic rings. The average Bonchev–Trinajstić information content (AvgIpc) is 2.96. The molecule has 0 saturated heterocycles. The highest BCUT2D eigenvalue weighted by Crippen LogP contribution is 2.22. The Bertz CT molecular complexity index is 565. The standard InChI is InChI=1S/C17H28N4O2/c1-4-6-11-20(3)17(23)15-19-14(16(22)18-10-5-2)13-9-7-8-12-21(13)15/h4-12H2,1-3H3,(H,18,22). The molecule has 2 amide bonds. The lowest BCUT2D eigenvalue weighted by atomic mass is 10.1. The zero-order chi connectivity index (χ0) is 16.8. The van der Waals surface area contributed by atoms with Crippen LogP contribution in [0.4, 0.5) is 0 Å². The number of aromatic nitrogens is 2. The maximum atomic E-state index is 12.7. The Labute approximate surface area is 138 Å². The van der Waals surface area contributed by atoms with Crippen molar-refractivity contribution in [1.82, 2.24) is 19.8 Å². The van der Waals surface area contributed by atoms with Crippen LogP contribution >= 0.6 is 0 Å². The summed E-state index contributed by atoms with van der Waals surface area (Å²) in [6.45, 7) is 6.23. The lowest BCUT2D eigenvalue weighted by molar-refractivity contribution is 0.0775. The van der Waals surface area contributed by atoms with Gasteiger partial charge in [-0.05, 0) is 32.1 Å². The van der Waals surface area contributed by atoms with Gasteiger partial charge in [0.25, 0.3) is 11.8 Å². The molecule has 0 unspecified atom stereocenters. The Hall–Kier alpha value is -1.85. The molecular weight excluding hydrogens is 292 g/mol. The number of unbranched alkanes of at least 4 members (excludes halogenated alkanes) is 1. The summed E-state index contributed by atoms with van der Waals surface area (Å²) < 4.78 is 1.95. The number of carbonyl (C=O) groups excluding carboxylic acids is 2. The minimum absolute atomic E-state index is 0.0869. The largest absolute Gasteiger partial charge is 0.351 e. The van der Waals surface area contributed by atoms with Gasteiger partial charge in [-0.1, -0.05) is 20.3 Å². The fourth-order valence-corrected chi connectivity index (χ4v) is 2.88. The molecule has 0 aliphatic carbocycles. The average molecular weight is 320 g/mol. The Kier molecular flexibility index (Phi) is 6.19. The molecule has 0 saturated carbocycles. The molecule has 1 N–H and O–H groups in total. The zero-order valence-corrected chi connectivity index (χ0v) is 14.5. The van der Waals surface area contributed by atoms with Crippen LogP contribution in [0.3, 0.4) is 0 Å². The van der Waals surface area contributed by atoms with Crippen molar-refractivity contribution in [3.8, 4) is 0 Å². The van der Waals surface area contributed by atoms with E-state index in [1.165, 1.54) is 0 Å². The van der Waals surface area contributed by atoms with E-state index in [0.717, 1.165) is 57.3 Å². The van der Waals surface area contributed by atoms with Crippen LogP contribution in [-0.2, 0) is 13.0 Å². The molecule has 128 valence electrons. The van der Waals surface area contributed by atoms with Crippen molar-refractivity contribution in [3.63, 3.8) is 0 Å². The van der Waals surface area contributed by atoms with Gasteiger partial charge in [0.15, 0.2) is 5.82 Å². The first-order chi connectivity index (χ1) is 11.1. The predicted molar refractivity (Wildman–Crippen MR) is 89.7 cm³/mol. The van der Waals surface area contributed by atoms with Crippen molar-refractivity contribution >= 4 is 11.8 Å². The number of imidazole rings is 1. The van der Waals surface area contributed by atoms with E-state index in [9.17, 15) is 9.59 Å². The molecule has 1 aliphatic heterocycles. The van der Waals surface area contributed by atoms with Crippen molar-refractivity contribution in [2.45, 2.75) is 58.9 Å². The van der Waals surface area contributed by atoms with Gasteiger partial charge in [0.1, 0.15) is 5.69 Å². The van der Waals surface area contributed by atoms with Crippen LogP contribution in [0.5, 0.6) is 0 Å². The molecule has 6 heteroatoms. The minimum atomic E-state index is -0.159. The quantitative estimate of drug-likeness (QED) is 0.838. The number of amides is 2. The molecule has 2 rings (SSSR count). The Balaban J connectivity index is 2.27. The molecule has 1 aliphatic rings. The normalized spacial score (nSPS) is 13.5. The maximum absolute atomic E-state index is 12.7. The first kappa shape index (κ1) is 17.5. The summed E-state index contributed by atoms with van der Waals surface area (Å²) in [6, 6.07) is 0. The van der Waals surface area contributed by atoms with Crippen molar-refractivity contribution in [1.29, 1.82) is 0 Å². The number of nitrogens with zero attached hydrogens (tertiary/aromatic N) is 3. The molecule has 0 spiro atoms. The number of fused-ring (bicyclic) bond motifs is 1. The van der Waals surface area contributed by atoms with Crippen molar-refractivity contribution in [2.75, 3.05) is 20.1 Å². The van der Waals surface area contributed by atoms with Gasteiger partial charge in [0.2, 0.25) is 0 Å². The summed E-state index contributed by atoms with van der Waals surface area (Å²) >= 11 is 0. The fourth-order valence-electron chi connectivity index (χ4n) is 2.88. The summed E-state index contributed by atoms with van der Waals surface area (Å²) in [5.74, 6) is 0.170. The van der Waals surface area contributed by atoms with Crippen LogP contribution in [0.15, 0.2) is 0 Å². The summed E-state index contributed by atoms with van der Waals surface area (Å²) in [5, 5.41) is 2.87. The van der Waals surface area contributed by atoms with Gasteiger partial charge in [-0.25, -0.2) is 4.98 Å². The highest BCUT2D eigenvalue weighted by atomic mass is 16.2. The van der Waals surface area contributed by atoms with Crippen molar-refractivity contribution < 1.29 is 9.59 Å². The van der Waals surface area contributed by atoms with E-state index in [0.29, 0.717) is 18.1 Å². The monoisotopic (exact) mass is 320 g/mol. The van der Waals surface area contributed by atoms with Gasteiger partial charge >= 0.3 is 0 Å². The number of hydrogen-bond acceptors (Lipinski definition) is 3. The Morgan fingerprint density at radius 1 is 1.26 bits per heavy atom. The number of nitrogens with one attached hydrogen (secondary N) is 1. The molecule has 0 radical (unpaired) electrons. The number of carbonyl (C=O) groups is 2. The third-order valence-electron chi connectivity index (χ3n) is 4.25. The summed E-state index contributed by atoms with van der Waals surface area (Å²) in [4.78, 5) is 31.2. The van der Waals surface area contributed by atoms with E-state index in [1.807, 2.05) is 11.5 Å². The predicted octanol–water partition coefficient (Wildman–Crippen LogP) is 2.23. The van der Waals surface area contributed by atoms with Crippen LogP contribution in [0.2, 0.25) is 0 Å². The third-order valence-corrected chi connectivity index (χ3v) is 4.25. The molecule has 0 fully saturated rings. The van der Waals surface area contributed by atoms with Gasteiger partial charge < -0.3 is 14.8 Å². The van der Waals surface area contributed by atoms with Crippen LogP contribution in [0, 0.1) is 0 Å². The molecule has 23 heavy (non-hydrogen) atoms. The van der Waals surface area contributed by atoms with Crippen LogP contribution in [0.25, 0.3) is 0 Å². The molecular formula is C17H28N4O2. The topological polar surface area (TPSA) is 67.2 Å². The molecule has 0 atom stereocenters. The summed E-state index contributed by atoms with van der Waals surface area (Å²) in [7, 11) is 1.80. The lowest BCUT2D eigenvalue weighted by Crippen LogP contribution is -2.31. The van der Waals surface area contributed by atoms with E-state index in [2.05, 4.69) is 17.2 Å². The van der Waals surface area contributed by atoms with Crippen molar-refractivity contribution in [2.24, 2.45) is 0 Å². The first-order valence-electron chi connectivity index (χ1n) is 8.73. The highest BCUT2D eigenvalue weighted by molar-refractivity contribution is 5.97. The van der Waals surface area contributed by atoms with E-state index < -0.39 is 0 Å². The van der Waals surface area contributed by atoms with Crippen LogP contribution in [0.1, 0.15) is 72.8 Å². The number of hydrogen-bond donors (Lipinski definition) is 1. The smallest absolute Gasteiger partial charge is 0.289 e. The Morgan fingerprint density at radius 3 is 2.74 bits per heavy atom. The van der Waals surface area contributed by atoms with Gasteiger partial charge in [-0.3, -0.25) is 9.59 Å². The van der Waals surface area contributed by atoms with E-state index >= 15 is 0 Å². The second kappa shape index (κ2) is 8.13. The molecule has 2 heterocycles. The zero-order valence-electron chi connectivity index (χ0n) is 14.5. The van der Waals surface area contributed by atoms with Crippen LogP contribution in [-0.4, -0.2) is 46.4 Å². The van der Waals surface area contributed by atoms with Gasteiger partial charge in [-0.15, -0.1) is 0 Å². The Morgan fingerprint density at radius 2 is 2.04 bits per heavy atom. The van der Waals surface area contributed by atoms with Gasteiger partial charge in [0, 0.05) is 26.7 Å². The second-order valence-corrected chi connectivity index (χ2v) is 6.18. The van der Waals surface area contributed by atoms with Gasteiger partial charge in [0.05, 0.1) is 5.69 Å². The summed E-state index contributed by atoms with van der Waals surface area (Å²) in [6.07, 6.45) is 5.78. The molecule has 0 bridgehead atoms. The van der Waals surface area contributed by atoms with E-state index in [-0.39, 0.29) is 11.8 Å². The van der Waals surface area contributed by atoms with E-state index in [4.69, 9.17) is 0 Å². The van der Waals surface area contributed by atoms with Crippen molar-refractivity contribution in [3.05, 3.63) is 17.2 Å². The van der Waals surface area contributed by atoms with Gasteiger partial charge in [-0.2, -0.15) is 0 Å². The highest BCUT2D eigenvalue weighted by Gasteiger charge is 2.28. The maximum Gasteiger partial charge on any atom is 0.289 e. The summed E-state index contributed by atoms with van der Waals surface area (Å²) in [5.41, 5.74) is 1.35. The fraction of sp³-hybridized carbons (Fsp3) is 0.706. The minimum Gasteiger partial charge on any atom is -0.351 e. The molecule has 0 aromatic carbocycles. The molecule has 6 nitrogen and oxygen atoms in total. The third kappa shape index (κ3) is 3.92. The molecule has 1 aromatic heterocycles. The second-order valence-electron chi connectivity index (χ2n) is 6.18. The van der Waals surface area contributed by atoms with Crippen LogP contribution < -0.4 is 5.32 Å². The lowest BCUT2D eigenvalue weighted by Gasteiger charge is -2.20. The number of rotatable bonds is 7. The first-order valence-corrected chi connectivity index (χ1v) is 8.73.